The summed E-state index contributed by atoms with van der Waals surface area (Å²) in [5.74, 6) is 0.861. The highest BCUT2D eigenvalue weighted by Crippen LogP contribution is 2.21. The molecule has 108 valence electrons. The Labute approximate surface area is 123 Å². The van der Waals surface area contributed by atoms with Gasteiger partial charge in [0.1, 0.15) is 12.1 Å². The number of hydrogen-bond donors (Lipinski definition) is 1. The molecule has 3 heterocycles. The van der Waals surface area contributed by atoms with Crippen molar-refractivity contribution >= 4 is 16.9 Å². The van der Waals surface area contributed by atoms with Crippen LogP contribution in [-0.4, -0.2) is 31.3 Å². The first-order valence-corrected chi connectivity index (χ1v) is 7.03. The molecule has 0 saturated carbocycles. The molecule has 6 heteroatoms. The van der Waals surface area contributed by atoms with Gasteiger partial charge in [-0.1, -0.05) is 0 Å². The molecule has 0 unspecified atom stereocenters. The van der Waals surface area contributed by atoms with Gasteiger partial charge in [0.15, 0.2) is 5.65 Å². The number of anilines is 1. The fraction of sp³-hybridized carbons (Fsp3) is 0.333. The van der Waals surface area contributed by atoms with Crippen molar-refractivity contribution in [2.75, 3.05) is 11.9 Å². The number of aryl methyl sites for hydroxylation is 3. The Hall–Kier alpha value is -2.50. The molecular formula is C15H18N6. The van der Waals surface area contributed by atoms with E-state index in [1.807, 2.05) is 38.5 Å². The molecule has 6 nitrogen and oxygen atoms in total. The zero-order valence-corrected chi connectivity index (χ0v) is 12.2. The van der Waals surface area contributed by atoms with E-state index < -0.39 is 0 Å². The van der Waals surface area contributed by atoms with Crippen LogP contribution in [-0.2, 0) is 13.5 Å². The Balaban J connectivity index is 1.66. The van der Waals surface area contributed by atoms with E-state index in [0.29, 0.717) is 0 Å². The Kier molecular flexibility index (Phi) is 3.77. The van der Waals surface area contributed by atoms with Gasteiger partial charge in [0.05, 0.1) is 11.1 Å². The van der Waals surface area contributed by atoms with E-state index >= 15 is 0 Å². The van der Waals surface area contributed by atoms with Crippen LogP contribution in [0.2, 0.25) is 0 Å². The summed E-state index contributed by atoms with van der Waals surface area (Å²) in [5, 5.41) is 8.79. The molecule has 0 saturated heterocycles. The van der Waals surface area contributed by atoms with Crippen molar-refractivity contribution in [2.24, 2.45) is 7.05 Å². The molecule has 0 spiro atoms. The lowest BCUT2D eigenvalue weighted by Crippen LogP contribution is -2.05. The largest absolute Gasteiger partial charge is 0.369 e. The second-order valence-electron chi connectivity index (χ2n) is 5.02. The molecule has 3 rings (SSSR count). The van der Waals surface area contributed by atoms with Gasteiger partial charge >= 0.3 is 0 Å². The van der Waals surface area contributed by atoms with Gasteiger partial charge in [0.25, 0.3) is 0 Å². The van der Waals surface area contributed by atoms with Crippen LogP contribution < -0.4 is 5.32 Å². The van der Waals surface area contributed by atoms with Gasteiger partial charge in [0, 0.05) is 26.0 Å². The third-order valence-corrected chi connectivity index (χ3v) is 3.48. The van der Waals surface area contributed by atoms with Crippen molar-refractivity contribution in [1.29, 1.82) is 0 Å². The van der Waals surface area contributed by atoms with Crippen LogP contribution in [0.1, 0.15) is 17.7 Å². The fourth-order valence-electron chi connectivity index (χ4n) is 2.46. The number of nitrogens with one attached hydrogen (secondary N) is 1. The van der Waals surface area contributed by atoms with Crippen LogP contribution in [0.25, 0.3) is 11.0 Å². The van der Waals surface area contributed by atoms with Crippen molar-refractivity contribution in [3.63, 3.8) is 0 Å². The monoisotopic (exact) mass is 282 g/mol. The summed E-state index contributed by atoms with van der Waals surface area (Å²) in [4.78, 5) is 12.6. The SMILES string of the molecule is Cc1nn(C)c2ncnc(NCCCc3ccncc3)c12. The van der Waals surface area contributed by atoms with Gasteiger partial charge in [0.2, 0.25) is 0 Å². The van der Waals surface area contributed by atoms with Crippen LogP contribution in [0, 0.1) is 6.92 Å². The minimum absolute atomic E-state index is 0.860. The number of fused-ring (bicyclic) bond motifs is 1. The molecule has 0 atom stereocenters. The van der Waals surface area contributed by atoms with Crippen LogP contribution in [0.15, 0.2) is 30.9 Å². The van der Waals surface area contributed by atoms with Crippen LogP contribution in [0.3, 0.4) is 0 Å². The summed E-state index contributed by atoms with van der Waals surface area (Å²) in [7, 11) is 1.90. The predicted octanol–water partition coefficient (Wildman–Crippen LogP) is 2.11. The molecule has 0 aliphatic rings. The lowest BCUT2D eigenvalue weighted by Gasteiger charge is -2.06. The molecule has 0 amide bonds. The highest BCUT2D eigenvalue weighted by atomic mass is 15.3. The maximum Gasteiger partial charge on any atom is 0.163 e. The Morgan fingerprint density at radius 1 is 1.19 bits per heavy atom. The molecule has 0 fully saturated rings. The van der Waals surface area contributed by atoms with E-state index in [-0.39, 0.29) is 0 Å². The van der Waals surface area contributed by atoms with Gasteiger partial charge in [-0.2, -0.15) is 5.10 Å². The number of pyridine rings is 1. The summed E-state index contributed by atoms with van der Waals surface area (Å²) in [6.07, 6.45) is 7.30. The van der Waals surface area contributed by atoms with E-state index in [4.69, 9.17) is 0 Å². The van der Waals surface area contributed by atoms with Crippen LogP contribution in [0.5, 0.6) is 0 Å². The second kappa shape index (κ2) is 5.87. The van der Waals surface area contributed by atoms with Gasteiger partial charge in [-0.15, -0.1) is 0 Å². The average molecular weight is 282 g/mol. The predicted molar refractivity (Wildman–Crippen MR) is 82.1 cm³/mol. The highest BCUT2D eigenvalue weighted by molar-refractivity contribution is 5.88. The summed E-state index contributed by atoms with van der Waals surface area (Å²) in [6.45, 7) is 2.84. The zero-order valence-electron chi connectivity index (χ0n) is 12.2. The van der Waals surface area contributed by atoms with Crippen molar-refractivity contribution < 1.29 is 0 Å². The maximum absolute atomic E-state index is 4.39. The molecule has 0 aliphatic carbocycles. The van der Waals surface area contributed by atoms with Crippen LogP contribution in [0.4, 0.5) is 5.82 Å². The quantitative estimate of drug-likeness (QED) is 0.726. The molecule has 1 N–H and O–H groups in total. The van der Waals surface area contributed by atoms with Gasteiger partial charge in [-0.3, -0.25) is 9.67 Å². The third kappa shape index (κ3) is 2.84. The summed E-state index contributed by atoms with van der Waals surface area (Å²) in [5.41, 5.74) is 3.11. The molecule has 3 aromatic rings. The molecule has 0 bridgehead atoms. The Bertz CT molecular complexity index is 735. The zero-order chi connectivity index (χ0) is 14.7. The smallest absolute Gasteiger partial charge is 0.163 e. The first-order chi connectivity index (χ1) is 10.3. The summed E-state index contributed by atoms with van der Waals surface area (Å²) >= 11 is 0. The highest BCUT2D eigenvalue weighted by Gasteiger charge is 2.11. The van der Waals surface area contributed by atoms with Gasteiger partial charge in [-0.05, 0) is 37.5 Å². The topological polar surface area (TPSA) is 68.5 Å². The first-order valence-electron chi connectivity index (χ1n) is 7.03. The van der Waals surface area contributed by atoms with Crippen LogP contribution >= 0.6 is 0 Å². The summed E-state index contributed by atoms with van der Waals surface area (Å²) < 4.78 is 1.79. The van der Waals surface area contributed by atoms with E-state index in [9.17, 15) is 0 Å². The van der Waals surface area contributed by atoms with E-state index in [1.54, 1.807) is 11.0 Å². The van der Waals surface area contributed by atoms with Crippen molar-refractivity contribution in [2.45, 2.75) is 19.8 Å². The lowest BCUT2D eigenvalue weighted by molar-refractivity contribution is 0.773. The molecular weight excluding hydrogens is 264 g/mol. The lowest BCUT2D eigenvalue weighted by atomic mass is 10.1. The molecule has 21 heavy (non-hydrogen) atoms. The molecule has 0 aromatic carbocycles. The number of hydrogen-bond acceptors (Lipinski definition) is 5. The van der Waals surface area contributed by atoms with E-state index in [1.165, 1.54) is 5.56 Å². The third-order valence-electron chi connectivity index (χ3n) is 3.48. The average Bonchev–Trinajstić information content (AvgIpc) is 2.80. The fourth-order valence-corrected chi connectivity index (χ4v) is 2.46. The van der Waals surface area contributed by atoms with Crippen molar-refractivity contribution in [3.8, 4) is 0 Å². The Morgan fingerprint density at radius 2 is 2.00 bits per heavy atom. The maximum atomic E-state index is 4.39. The van der Waals surface area contributed by atoms with E-state index in [0.717, 1.165) is 41.9 Å². The van der Waals surface area contributed by atoms with Gasteiger partial charge < -0.3 is 5.32 Å². The first kappa shape index (κ1) is 13.5. The minimum Gasteiger partial charge on any atom is -0.369 e. The van der Waals surface area contributed by atoms with Gasteiger partial charge in [-0.25, -0.2) is 9.97 Å². The summed E-state index contributed by atoms with van der Waals surface area (Å²) in [6, 6.07) is 4.10. The normalized spacial score (nSPS) is 11.0. The number of aromatic nitrogens is 5. The number of rotatable bonds is 5. The molecule has 3 aromatic heterocycles. The molecule has 0 aliphatic heterocycles. The minimum atomic E-state index is 0.860. The standard InChI is InChI=1S/C15H18N6/c1-11-13-14(18-10-19-15(13)21(2)20-11)17-7-3-4-12-5-8-16-9-6-12/h5-6,8-10H,3-4,7H2,1-2H3,(H,17,18,19). The Morgan fingerprint density at radius 3 is 2.81 bits per heavy atom. The van der Waals surface area contributed by atoms with E-state index in [2.05, 4.69) is 25.4 Å². The molecule has 0 radical (unpaired) electrons. The second-order valence-corrected chi connectivity index (χ2v) is 5.02. The number of nitrogens with zero attached hydrogens (tertiary/aromatic N) is 5. The van der Waals surface area contributed by atoms with Crippen molar-refractivity contribution in [3.05, 3.63) is 42.1 Å². The van der Waals surface area contributed by atoms with Crippen molar-refractivity contribution in [1.82, 2.24) is 24.7 Å².